The van der Waals surface area contributed by atoms with Crippen molar-refractivity contribution in [2.75, 3.05) is 26.5 Å². The molecule has 1 atom stereocenters. The molecule has 1 N–H and O–H groups in total. The van der Waals surface area contributed by atoms with E-state index in [1.165, 1.54) is 18.5 Å². The van der Waals surface area contributed by atoms with Crippen LogP contribution >= 0.6 is 11.6 Å². The number of aromatic hydroxyl groups is 1. The van der Waals surface area contributed by atoms with Crippen molar-refractivity contribution in [2.45, 2.75) is 30.2 Å². The van der Waals surface area contributed by atoms with Crippen molar-refractivity contribution in [2.24, 2.45) is 0 Å². The topological polar surface area (TPSA) is 79.7 Å². The number of hydrogen-bond donors (Lipinski definition) is 1. The predicted octanol–water partition coefficient (Wildman–Crippen LogP) is 3.23. The van der Waals surface area contributed by atoms with E-state index in [1.54, 1.807) is 13.2 Å². The van der Waals surface area contributed by atoms with E-state index in [2.05, 4.69) is 9.88 Å². The smallest absolute Gasteiger partial charge is 0.177 e. The number of phenols is 1. The number of hydrogen-bond acceptors (Lipinski definition) is 6. The molecular weight excluding hydrogens is 388 g/mol. The molecule has 8 heteroatoms. The van der Waals surface area contributed by atoms with Gasteiger partial charge in [0.25, 0.3) is 0 Å². The summed E-state index contributed by atoms with van der Waals surface area (Å²) in [6.07, 6.45) is 4.47. The number of aromatic nitrogens is 1. The van der Waals surface area contributed by atoms with Crippen molar-refractivity contribution in [1.29, 1.82) is 0 Å². The molecule has 0 aliphatic carbocycles. The summed E-state index contributed by atoms with van der Waals surface area (Å²) in [4.78, 5) is 6.76. The summed E-state index contributed by atoms with van der Waals surface area (Å²) in [5.74, 6) is 0.801. The molecule has 0 amide bonds. The molecule has 27 heavy (non-hydrogen) atoms. The zero-order valence-electron chi connectivity index (χ0n) is 15.4. The van der Waals surface area contributed by atoms with E-state index in [9.17, 15) is 13.5 Å². The van der Waals surface area contributed by atoms with Gasteiger partial charge in [0, 0.05) is 43.1 Å². The Kier molecular flexibility index (Phi) is 5.93. The highest BCUT2D eigenvalue weighted by atomic mass is 35.5. The van der Waals surface area contributed by atoms with Crippen LogP contribution in [0.4, 0.5) is 0 Å². The summed E-state index contributed by atoms with van der Waals surface area (Å²) in [5, 5.41) is 10.5. The number of halogens is 1. The molecular formula is C19H23ClN2O4S. The van der Waals surface area contributed by atoms with Crippen molar-refractivity contribution in [3.05, 3.63) is 46.7 Å². The Balaban J connectivity index is 1.81. The van der Waals surface area contributed by atoms with E-state index in [1.807, 2.05) is 12.1 Å². The summed E-state index contributed by atoms with van der Waals surface area (Å²) in [5.41, 5.74) is 1.38. The first-order valence-electron chi connectivity index (χ1n) is 8.71. The predicted molar refractivity (Wildman–Crippen MR) is 104 cm³/mol. The zero-order chi connectivity index (χ0) is 19.6. The Morgan fingerprint density at radius 3 is 2.81 bits per heavy atom. The maximum absolute atomic E-state index is 12.2. The van der Waals surface area contributed by atoms with Gasteiger partial charge in [0.15, 0.2) is 9.84 Å². The minimum atomic E-state index is -3.42. The average molecular weight is 411 g/mol. The number of pyridine rings is 1. The molecule has 1 aliphatic rings. The number of methoxy groups -OCH3 is 1. The lowest BCUT2D eigenvalue weighted by Crippen LogP contribution is -2.34. The second-order valence-corrected chi connectivity index (χ2v) is 9.30. The molecule has 0 spiro atoms. The highest BCUT2D eigenvalue weighted by Crippen LogP contribution is 2.33. The fourth-order valence-electron chi connectivity index (χ4n) is 3.50. The molecule has 1 aromatic heterocycles. The molecule has 1 unspecified atom stereocenters. The van der Waals surface area contributed by atoms with Crippen molar-refractivity contribution in [3.8, 4) is 11.5 Å². The summed E-state index contributed by atoms with van der Waals surface area (Å²) >= 11 is 5.96. The molecule has 3 rings (SSSR count). The van der Waals surface area contributed by atoms with E-state index in [-0.39, 0.29) is 16.6 Å². The van der Waals surface area contributed by atoms with Crippen molar-refractivity contribution in [1.82, 2.24) is 9.88 Å². The number of sulfone groups is 1. The number of rotatable bonds is 5. The molecule has 146 valence electrons. The van der Waals surface area contributed by atoms with Gasteiger partial charge in [-0.15, -0.1) is 0 Å². The number of phenolic OH excluding ortho intramolecular Hbond substituents is 1. The average Bonchev–Trinajstić information content (AvgIpc) is 2.63. The summed E-state index contributed by atoms with van der Waals surface area (Å²) < 4.78 is 29.5. The minimum absolute atomic E-state index is 0.00105. The second kappa shape index (κ2) is 8.04. The number of piperidine rings is 1. The summed E-state index contributed by atoms with van der Waals surface area (Å²) in [6.45, 7) is 2.13. The van der Waals surface area contributed by atoms with Gasteiger partial charge in [-0.2, -0.15) is 0 Å². The van der Waals surface area contributed by atoms with Gasteiger partial charge in [0.1, 0.15) is 11.5 Å². The molecule has 2 heterocycles. The standard InChI is InChI=1S/C19H23ClN2O4S/c1-26-16-6-5-13(17(23)9-16)11-22-7-3-4-14(12-22)19-18(27(2,24)25)8-15(20)10-21-19/h5-6,8-10,14,23H,3-4,7,11-12H2,1-2H3. The van der Waals surface area contributed by atoms with Gasteiger partial charge in [0.2, 0.25) is 0 Å². The Bertz CT molecular complexity index is 933. The van der Waals surface area contributed by atoms with Crippen LogP contribution in [0.15, 0.2) is 35.4 Å². The third kappa shape index (κ3) is 4.72. The highest BCUT2D eigenvalue weighted by molar-refractivity contribution is 7.90. The normalized spacial score (nSPS) is 18.4. The lowest BCUT2D eigenvalue weighted by Gasteiger charge is -2.33. The van der Waals surface area contributed by atoms with Gasteiger partial charge < -0.3 is 9.84 Å². The van der Waals surface area contributed by atoms with Crippen LogP contribution in [0, 0.1) is 0 Å². The van der Waals surface area contributed by atoms with Crippen LogP contribution in [-0.4, -0.2) is 49.9 Å². The zero-order valence-corrected chi connectivity index (χ0v) is 16.9. The Morgan fingerprint density at radius 2 is 2.15 bits per heavy atom. The van der Waals surface area contributed by atoms with E-state index in [4.69, 9.17) is 16.3 Å². The molecule has 1 aliphatic heterocycles. The van der Waals surface area contributed by atoms with Crippen LogP contribution in [0.3, 0.4) is 0 Å². The Morgan fingerprint density at radius 1 is 1.37 bits per heavy atom. The van der Waals surface area contributed by atoms with Gasteiger partial charge in [-0.3, -0.25) is 9.88 Å². The van der Waals surface area contributed by atoms with Crippen molar-refractivity contribution >= 4 is 21.4 Å². The van der Waals surface area contributed by atoms with Gasteiger partial charge >= 0.3 is 0 Å². The molecule has 6 nitrogen and oxygen atoms in total. The van der Waals surface area contributed by atoms with Gasteiger partial charge in [-0.25, -0.2) is 8.42 Å². The highest BCUT2D eigenvalue weighted by Gasteiger charge is 2.28. The quantitative estimate of drug-likeness (QED) is 0.815. The maximum Gasteiger partial charge on any atom is 0.177 e. The van der Waals surface area contributed by atoms with Crippen LogP contribution in [0.1, 0.15) is 30.0 Å². The van der Waals surface area contributed by atoms with E-state index in [0.29, 0.717) is 29.6 Å². The van der Waals surface area contributed by atoms with Crippen molar-refractivity contribution < 1.29 is 18.3 Å². The van der Waals surface area contributed by atoms with E-state index in [0.717, 1.165) is 24.9 Å². The largest absolute Gasteiger partial charge is 0.507 e. The third-order valence-corrected chi connectivity index (χ3v) is 6.16. The summed E-state index contributed by atoms with van der Waals surface area (Å²) in [6, 6.07) is 6.74. The Labute approximate surface area is 164 Å². The molecule has 1 fully saturated rings. The lowest BCUT2D eigenvalue weighted by atomic mass is 9.94. The first-order valence-corrected chi connectivity index (χ1v) is 11.0. The lowest BCUT2D eigenvalue weighted by molar-refractivity contribution is 0.195. The molecule has 0 bridgehead atoms. The fraction of sp³-hybridized carbons (Fsp3) is 0.421. The van der Waals surface area contributed by atoms with Gasteiger partial charge in [0.05, 0.1) is 22.7 Å². The number of likely N-dealkylation sites (tertiary alicyclic amines) is 1. The van der Waals surface area contributed by atoms with Crippen molar-refractivity contribution in [3.63, 3.8) is 0 Å². The van der Waals surface area contributed by atoms with Crippen LogP contribution in [0.5, 0.6) is 11.5 Å². The minimum Gasteiger partial charge on any atom is -0.507 e. The Hall–Kier alpha value is -1.83. The second-order valence-electron chi connectivity index (χ2n) is 6.88. The summed E-state index contributed by atoms with van der Waals surface area (Å²) in [7, 11) is -1.86. The van der Waals surface area contributed by atoms with Crippen LogP contribution in [0.25, 0.3) is 0 Å². The van der Waals surface area contributed by atoms with Crippen LogP contribution in [-0.2, 0) is 16.4 Å². The third-order valence-electron chi connectivity index (χ3n) is 4.83. The number of benzene rings is 1. The molecule has 2 aromatic rings. The molecule has 1 aromatic carbocycles. The van der Waals surface area contributed by atoms with Crippen LogP contribution in [0.2, 0.25) is 5.02 Å². The fourth-order valence-corrected chi connectivity index (χ4v) is 4.67. The van der Waals surface area contributed by atoms with E-state index < -0.39 is 9.84 Å². The van der Waals surface area contributed by atoms with E-state index >= 15 is 0 Å². The number of ether oxygens (including phenoxy) is 1. The molecule has 0 saturated carbocycles. The molecule has 0 radical (unpaired) electrons. The maximum atomic E-state index is 12.2. The first kappa shape index (κ1) is 19.9. The first-order chi connectivity index (χ1) is 12.8. The monoisotopic (exact) mass is 410 g/mol. The van der Waals surface area contributed by atoms with Gasteiger partial charge in [-0.1, -0.05) is 17.7 Å². The number of nitrogens with zero attached hydrogens (tertiary/aromatic N) is 2. The van der Waals surface area contributed by atoms with Crippen LogP contribution < -0.4 is 4.74 Å². The SMILES string of the molecule is COc1ccc(CN2CCCC(c3ncc(Cl)cc3S(C)(=O)=O)C2)c(O)c1. The molecule has 1 saturated heterocycles. The van der Waals surface area contributed by atoms with Gasteiger partial charge in [-0.05, 0) is 31.5 Å².